The zero-order valence-corrected chi connectivity index (χ0v) is 11.8. The molecule has 1 saturated heterocycles. The van der Waals surface area contributed by atoms with E-state index in [9.17, 15) is 14.0 Å². The van der Waals surface area contributed by atoms with E-state index in [2.05, 4.69) is 10.6 Å². The van der Waals surface area contributed by atoms with Crippen molar-refractivity contribution in [3.8, 4) is 11.1 Å². The van der Waals surface area contributed by atoms with Gasteiger partial charge >= 0.3 is 0 Å². The molecule has 2 aromatic rings. The summed E-state index contributed by atoms with van der Waals surface area (Å²) in [6.07, 6.45) is 0.562. The van der Waals surface area contributed by atoms with Gasteiger partial charge in [-0.1, -0.05) is 36.4 Å². The summed E-state index contributed by atoms with van der Waals surface area (Å²) < 4.78 is 14.0. The largest absolute Gasteiger partial charge is 0.354 e. The Kier molecular flexibility index (Phi) is 3.87. The predicted molar refractivity (Wildman–Crippen MR) is 80.7 cm³/mol. The molecule has 0 unspecified atom stereocenters. The highest BCUT2D eigenvalue weighted by molar-refractivity contribution is 6.03. The minimum Gasteiger partial charge on any atom is -0.354 e. The van der Waals surface area contributed by atoms with E-state index in [1.54, 1.807) is 42.5 Å². The number of rotatable bonds is 3. The van der Waals surface area contributed by atoms with Gasteiger partial charge in [-0.3, -0.25) is 9.59 Å². The number of carbonyl (C=O) groups excluding carboxylic acids is 2. The first-order chi connectivity index (χ1) is 10.7. The van der Waals surface area contributed by atoms with E-state index in [1.165, 1.54) is 6.07 Å². The van der Waals surface area contributed by atoms with Gasteiger partial charge in [-0.15, -0.1) is 0 Å². The number of amides is 2. The van der Waals surface area contributed by atoms with E-state index >= 15 is 0 Å². The lowest BCUT2D eigenvalue weighted by Gasteiger charge is -2.13. The van der Waals surface area contributed by atoms with E-state index in [-0.39, 0.29) is 17.6 Å². The Hall–Kier alpha value is -2.69. The molecule has 2 aromatic carbocycles. The molecule has 1 atom stereocenters. The number of nitrogens with one attached hydrogen (secondary N) is 2. The van der Waals surface area contributed by atoms with Gasteiger partial charge in [0.05, 0.1) is 0 Å². The van der Waals surface area contributed by atoms with Crippen LogP contribution in [0.25, 0.3) is 11.1 Å². The maximum atomic E-state index is 14.0. The number of carbonyl (C=O) groups is 2. The predicted octanol–water partition coefficient (Wildman–Crippen LogP) is 2.11. The topological polar surface area (TPSA) is 58.2 Å². The van der Waals surface area contributed by atoms with Gasteiger partial charge < -0.3 is 10.6 Å². The van der Waals surface area contributed by atoms with Gasteiger partial charge in [0, 0.05) is 17.7 Å². The number of halogens is 1. The molecule has 1 aliphatic rings. The normalized spacial score (nSPS) is 17.1. The summed E-state index contributed by atoms with van der Waals surface area (Å²) in [6.45, 7) is 0.554. The van der Waals surface area contributed by atoms with Gasteiger partial charge in [-0.05, 0) is 24.1 Å². The van der Waals surface area contributed by atoms with Crippen LogP contribution in [0.15, 0.2) is 48.5 Å². The standard InChI is InChI=1S/C17H15FN2O2/c18-14-8-4-3-6-12(14)11-5-1-2-7-13(11)16(21)20-15-9-10-19-17(15)22/h1-8,15H,9-10H2,(H,19,22)(H,20,21)/t15-/m1/s1. The third-order valence-electron chi connectivity index (χ3n) is 3.69. The molecule has 0 bridgehead atoms. The van der Waals surface area contributed by atoms with E-state index < -0.39 is 6.04 Å². The van der Waals surface area contributed by atoms with Crippen LogP contribution in [0.3, 0.4) is 0 Å². The van der Waals surface area contributed by atoms with Crippen LogP contribution in [0.2, 0.25) is 0 Å². The summed E-state index contributed by atoms with van der Waals surface area (Å²) in [6, 6.07) is 12.6. The second-order valence-corrected chi connectivity index (χ2v) is 5.13. The molecule has 22 heavy (non-hydrogen) atoms. The van der Waals surface area contributed by atoms with Crippen molar-refractivity contribution in [2.45, 2.75) is 12.5 Å². The van der Waals surface area contributed by atoms with Gasteiger partial charge in [0.2, 0.25) is 5.91 Å². The smallest absolute Gasteiger partial charge is 0.252 e. The summed E-state index contributed by atoms with van der Waals surface area (Å²) >= 11 is 0. The van der Waals surface area contributed by atoms with Crippen molar-refractivity contribution in [1.82, 2.24) is 10.6 Å². The summed E-state index contributed by atoms with van der Waals surface area (Å²) in [5.74, 6) is -0.945. The zero-order valence-electron chi connectivity index (χ0n) is 11.8. The monoisotopic (exact) mass is 298 g/mol. The summed E-state index contributed by atoms with van der Waals surface area (Å²) in [7, 11) is 0. The van der Waals surface area contributed by atoms with Gasteiger partial charge in [-0.2, -0.15) is 0 Å². The Bertz CT molecular complexity index is 730. The molecular formula is C17H15FN2O2. The molecule has 3 rings (SSSR count). The maximum Gasteiger partial charge on any atom is 0.252 e. The van der Waals surface area contributed by atoms with E-state index in [0.29, 0.717) is 29.7 Å². The molecule has 2 amide bonds. The number of hydrogen-bond donors (Lipinski definition) is 2. The molecule has 112 valence electrons. The fraction of sp³-hybridized carbons (Fsp3) is 0.176. The van der Waals surface area contributed by atoms with Crippen LogP contribution in [0.5, 0.6) is 0 Å². The lowest BCUT2D eigenvalue weighted by molar-refractivity contribution is -0.120. The van der Waals surface area contributed by atoms with E-state index in [1.807, 2.05) is 0 Å². The van der Waals surface area contributed by atoms with Gasteiger partial charge in [-0.25, -0.2) is 4.39 Å². The average molecular weight is 298 g/mol. The van der Waals surface area contributed by atoms with E-state index in [4.69, 9.17) is 0 Å². The SMILES string of the molecule is O=C(N[C@@H]1CCNC1=O)c1ccccc1-c1ccccc1F. The Morgan fingerprint density at radius 3 is 2.45 bits per heavy atom. The van der Waals surface area contributed by atoms with Crippen LogP contribution < -0.4 is 10.6 Å². The Balaban J connectivity index is 1.93. The maximum absolute atomic E-state index is 14.0. The highest BCUT2D eigenvalue weighted by atomic mass is 19.1. The highest BCUT2D eigenvalue weighted by Gasteiger charge is 2.26. The van der Waals surface area contributed by atoms with Crippen molar-refractivity contribution in [2.24, 2.45) is 0 Å². The van der Waals surface area contributed by atoms with Crippen LogP contribution in [0.1, 0.15) is 16.8 Å². The second-order valence-electron chi connectivity index (χ2n) is 5.13. The quantitative estimate of drug-likeness (QED) is 0.912. The highest BCUT2D eigenvalue weighted by Crippen LogP contribution is 2.26. The van der Waals surface area contributed by atoms with Crippen molar-refractivity contribution in [3.63, 3.8) is 0 Å². The first-order valence-electron chi connectivity index (χ1n) is 7.09. The number of benzene rings is 2. The van der Waals surface area contributed by atoms with Crippen molar-refractivity contribution in [3.05, 3.63) is 59.9 Å². The number of hydrogen-bond acceptors (Lipinski definition) is 2. The fourth-order valence-electron chi connectivity index (χ4n) is 2.56. The molecule has 0 aliphatic carbocycles. The van der Waals surface area contributed by atoms with Crippen LogP contribution in [0.4, 0.5) is 4.39 Å². The van der Waals surface area contributed by atoms with E-state index in [0.717, 1.165) is 0 Å². The summed E-state index contributed by atoms with van der Waals surface area (Å²) in [5, 5.41) is 5.37. The molecule has 1 fully saturated rings. The molecule has 0 spiro atoms. The first-order valence-corrected chi connectivity index (χ1v) is 7.09. The molecule has 1 aliphatic heterocycles. The summed E-state index contributed by atoms with van der Waals surface area (Å²) in [4.78, 5) is 24.0. The third kappa shape index (κ3) is 2.70. The van der Waals surface area contributed by atoms with Crippen molar-refractivity contribution < 1.29 is 14.0 Å². The van der Waals surface area contributed by atoms with Crippen LogP contribution in [-0.4, -0.2) is 24.4 Å². The molecule has 5 heteroatoms. The van der Waals surface area contributed by atoms with Crippen LogP contribution >= 0.6 is 0 Å². The fourth-order valence-corrected chi connectivity index (χ4v) is 2.56. The molecule has 2 N–H and O–H groups in total. The zero-order chi connectivity index (χ0) is 15.5. The molecular weight excluding hydrogens is 283 g/mol. The van der Waals surface area contributed by atoms with Gasteiger partial charge in [0.1, 0.15) is 11.9 Å². The van der Waals surface area contributed by atoms with Crippen molar-refractivity contribution in [2.75, 3.05) is 6.54 Å². The molecule has 1 heterocycles. The van der Waals surface area contributed by atoms with Crippen LogP contribution in [-0.2, 0) is 4.79 Å². The lowest BCUT2D eigenvalue weighted by atomic mass is 9.98. The molecule has 0 radical (unpaired) electrons. The molecule has 4 nitrogen and oxygen atoms in total. The van der Waals surface area contributed by atoms with Crippen molar-refractivity contribution in [1.29, 1.82) is 0 Å². The summed E-state index contributed by atoms with van der Waals surface area (Å²) in [5.41, 5.74) is 1.23. The van der Waals surface area contributed by atoms with Gasteiger partial charge in [0.25, 0.3) is 5.91 Å². The average Bonchev–Trinajstić information content (AvgIpc) is 2.93. The lowest BCUT2D eigenvalue weighted by Crippen LogP contribution is -2.40. The van der Waals surface area contributed by atoms with Crippen molar-refractivity contribution >= 4 is 11.8 Å². The second kappa shape index (κ2) is 5.97. The van der Waals surface area contributed by atoms with Gasteiger partial charge in [0.15, 0.2) is 0 Å². The van der Waals surface area contributed by atoms with Crippen LogP contribution in [0, 0.1) is 5.82 Å². The minimum atomic E-state index is -0.527. The Morgan fingerprint density at radius 2 is 1.77 bits per heavy atom. The Morgan fingerprint density at radius 1 is 1.09 bits per heavy atom. The first kappa shape index (κ1) is 14.3. The molecule has 0 aromatic heterocycles. The minimum absolute atomic E-state index is 0.184. The Labute approximate surface area is 127 Å². The third-order valence-corrected chi connectivity index (χ3v) is 3.69. The molecule has 0 saturated carbocycles.